The summed E-state index contributed by atoms with van der Waals surface area (Å²) in [5, 5.41) is 17.8. The average molecular weight is 292 g/mol. The molecule has 1 aliphatic rings. The molecule has 2 rings (SSSR count). The van der Waals surface area contributed by atoms with Gasteiger partial charge in [-0.05, 0) is 30.5 Å². The second-order valence-corrected chi connectivity index (χ2v) is 4.89. The summed E-state index contributed by atoms with van der Waals surface area (Å²) >= 11 is 0. The Bertz CT molecular complexity index is 545. The third kappa shape index (κ3) is 3.63. The van der Waals surface area contributed by atoms with Crippen molar-refractivity contribution in [3.8, 4) is 5.75 Å². The van der Waals surface area contributed by atoms with Crippen molar-refractivity contribution in [2.24, 2.45) is 10.9 Å². The number of ether oxygens (including phenoxy) is 1. The van der Waals surface area contributed by atoms with Crippen LogP contribution in [-0.2, 0) is 11.3 Å². The van der Waals surface area contributed by atoms with Crippen molar-refractivity contribution in [2.45, 2.75) is 25.4 Å². The lowest BCUT2D eigenvalue weighted by atomic mass is 10.1. The number of rotatable bonds is 5. The summed E-state index contributed by atoms with van der Waals surface area (Å²) in [6.45, 7) is 1.30. The number of piperidine rings is 1. The lowest BCUT2D eigenvalue weighted by Crippen LogP contribution is -2.47. The summed E-state index contributed by atoms with van der Waals surface area (Å²) < 4.78 is 5.24. The minimum atomic E-state index is -0.159. The van der Waals surface area contributed by atoms with Crippen LogP contribution in [0.25, 0.3) is 0 Å². The molecule has 114 valence electrons. The third-order valence-electron chi connectivity index (χ3n) is 3.49. The number of amides is 1. The van der Waals surface area contributed by atoms with Gasteiger partial charge in [-0.25, -0.2) is 0 Å². The number of amidine groups is 1. The Labute approximate surface area is 123 Å². The van der Waals surface area contributed by atoms with E-state index >= 15 is 0 Å². The van der Waals surface area contributed by atoms with Gasteiger partial charge in [-0.15, -0.1) is 0 Å². The van der Waals surface area contributed by atoms with Gasteiger partial charge >= 0.3 is 0 Å². The Hall–Kier alpha value is -2.28. The van der Waals surface area contributed by atoms with Crippen LogP contribution in [0.2, 0.25) is 0 Å². The molecular weight excluding hydrogens is 272 g/mol. The topological polar surface area (TPSA) is 109 Å². The normalized spacial score (nSPS) is 19.2. The molecule has 1 saturated heterocycles. The summed E-state index contributed by atoms with van der Waals surface area (Å²) in [4.78, 5) is 11.7. The molecule has 21 heavy (non-hydrogen) atoms. The molecule has 5 N–H and O–H groups in total. The minimum Gasteiger partial charge on any atom is -0.496 e. The van der Waals surface area contributed by atoms with E-state index in [1.165, 1.54) is 7.11 Å². The number of carbonyl (C=O) groups excluding carboxylic acids is 1. The summed E-state index contributed by atoms with van der Waals surface area (Å²) in [5.41, 5.74) is 7.07. The molecule has 1 amide bonds. The number of nitrogens with two attached hydrogens (primary N) is 1. The molecule has 1 atom stereocenters. The predicted octanol–water partition coefficient (Wildman–Crippen LogP) is 0.158. The van der Waals surface area contributed by atoms with Gasteiger partial charge in [-0.1, -0.05) is 11.2 Å². The average Bonchev–Trinajstić information content (AvgIpc) is 2.53. The van der Waals surface area contributed by atoms with Gasteiger partial charge in [0.2, 0.25) is 5.91 Å². The van der Waals surface area contributed by atoms with Gasteiger partial charge < -0.3 is 26.3 Å². The van der Waals surface area contributed by atoms with E-state index in [0.717, 1.165) is 24.9 Å². The van der Waals surface area contributed by atoms with Crippen molar-refractivity contribution in [3.05, 3.63) is 29.3 Å². The van der Waals surface area contributed by atoms with Crippen LogP contribution >= 0.6 is 0 Å². The van der Waals surface area contributed by atoms with Gasteiger partial charge in [0.1, 0.15) is 5.75 Å². The van der Waals surface area contributed by atoms with Crippen molar-refractivity contribution in [2.75, 3.05) is 13.7 Å². The lowest BCUT2D eigenvalue weighted by Gasteiger charge is -2.23. The van der Waals surface area contributed by atoms with Gasteiger partial charge in [0.05, 0.1) is 18.7 Å². The highest BCUT2D eigenvalue weighted by atomic mass is 16.5. The molecule has 0 radical (unpaired) electrons. The largest absolute Gasteiger partial charge is 0.496 e. The number of nitrogens with one attached hydrogen (secondary N) is 2. The van der Waals surface area contributed by atoms with Gasteiger partial charge in [0, 0.05) is 13.1 Å². The number of methoxy groups -OCH3 is 1. The molecule has 1 heterocycles. The molecule has 7 heteroatoms. The Morgan fingerprint density at radius 2 is 2.43 bits per heavy atom. The number of carbonyl (C=O) groups is 1. The quantitative estimate of drug-likeness (QED) is 0.267. The Kier molecular flexibility index (Phi) is 4.99. The molecular formula is C14H20N4O3. The number of hydrogen-bond acceptors (Lipinski definition) is 5. The molecule has 0 spiro atoms. The molecule has 0 aromatic heterocycles. The molecule has 7 nitrogen and oxygen atoms in total. The molecule has 1 fully saturated rings. The smallest absolute Gasteiger partial charge is 0.237 e. The van der Waals surface area contributed by atoms with Crippen LogP contribution in [0, 0.1) is 0 Å². The summed E-state index contributed by atoms with van der Waals surface area (Å²) in [6.07, 6.45) is 1.82. The van der Waals surface area contributed by atoms with Crippen molar-refractivity contribution in [3.63, 3.8) is 0 Å². The molecule has 0 saturated carbocycles. The molecule has 0 aliphatic carbocycles. The van der Waals surface area contributed by atoms with E-state index in [4.69, 9.17) is 15.7 Å². The van der Waals surface area contributed by atoms with Gasteiger partial charge in [-0.3, -0.25) is 4.79 Å². The van der Waals surface area contributed by atoms with Crippen molar-refractivity contribution in [1.82, 2.24) is 10.6 Å². The fourth-order valence-corrected chi connectivity index (χ4v) is 2.32. The molecule has 1 aromatic carbocycles. The van der Waals surface area contributed by atoms with Crippen LogP contribution in [0.1, 0.15) is 24.0 Å². The van der Waals surface area contributed by atoms with E-state index in [-0.39, 0.29) is 17.8 Å². The predicted molar refractivity (Wildman–Crippen MR) is 78.4 cm³/mol. The molecule has 1 unspecified atom stereocenters. The van der Waals surface area contributed by atoms with Crippen LogP contribution in [0.15, 0.2) is 23.4 Å². The van der Waals surface area contributed by atoms with E-state index in [1.54, 1.807) is 12.1 Å². The first kappa shape index (κ1) is 15.1. The van der Waals surface area contributed by atoms with Crippen molar-refractivity contribution in [1.29, 1.82) is 0 Å². The maximum atomic E-state index is 11.7. The fourth-order valence-electron chi connectivity index (χ4n) is 2.32. The van der Waals surface area contributed by atoms with E-state index in [1.807, 2.05) is 6.07 Å². The fraction of sp³-hybridized carbons (Fsp3) is 0.429. The first-order valence-corrected chi connectivity index (χ1v) is 6.81. The number of hydrogen-bond donors (Lipinski definition) is 4. The zero-order chi connectivity index (χ0) is 15.2. The minimum absolute atomic E-state index is 0.00184. The second kappa shape index (κ2) is 6.94. The van der Waals surface area contributed by atoms with Gasteiger partial charge in [0.15, 0.2) is 5.84 Å². The van der Waals surface area contributed by atoms with E-state index in [0.29, 0.717) is 17.9 Å². The van der Waals surface area contributed by atoms with Crippen LogP contribution in [0.3, 0.4) is 0 Å². The Balaban J connectivity index is 2.05. The summed E-state index contributed by atoms with van der Waals surface area (Å²) in [7, 11) is 1.52. The zero-order valence-electron chi connectivity index (χ0n) is 11.9. The van der Waals surface area contributed by atoms with Gasteiger partial charge in [-0.2, -0.15) is 0 Å². The summed E-state index contributed by atoms with van der Waals surface area (Å²) in [5.74, 6) is 0.567. The van der Waals surface area contributed by atoms with Crippen LogP contribution in [-0.4, -0.2) is 36.6 Å². The Morgan fingerprint density at radius 1 is 1.62 bits per heavy atom. The molecule has 1 aliphatic heterocycles. The number of nitrogens with zero attached hydrogens (tertiary/aromatic N) is 1. The highest BCUT2D eigenvalue weighted by molar-refractivity contribution is 5.99. The van der Waals surface area contributed by atoms with Crippen LogP contribution in [0.4, 0.5) is 0 Å². The highest BCUT2D eigenvalue weighted by Gasteiger charge is 2.21. The van der Waals surface area contributed by atoms with E-state index in [9.17, 15) is 4.79 Å². The monoisotopic (exact) mass is 292 g/mol. The SMILES string of the molecule is COc1cc(CNC2CCCNC2=O)ccc1/C(N)=N/O. The third-order valence-corrected chi connectivity index (χ3v) is 3.49. The van der Waals surface area contributed by atoms with Crippen molar-refractivity contribution < 1.29 is 14.7 Å². The maximum Gasteiger partial charge on any atom is 0.237 e. The highest BCUT2D eigenvalue weighted by Crippen LogP contribution is 2.20. The number of benzene rings is 1. The van der Waals surface area contributed by atoms with E-state index < -0.39 is 0 Å². The van der Waals surface area contributed by atoms with Crippen LogP contribution < -0.4 is 21.1 Å². The zero-order valence-corrected chi connectivity index (χ0v) is 11.9. The lowest BCUT2D eigenvalue weighted by molar-refractivity contribution is -0.124. The van der Waals surface area contributed by atoms with Crippen LogP contribution in [0.5, 0.6) is 5.75 Å². The second-order valence-electron chi connectivity index (χ2n) is 4.89. The maximum absolute atomic E-state index is 11.7. The summed E-state index contributed by atoms with van der Waals surface area (Å²) in [6, 6.07) is 5.23. The number of oxime groups is 1. The van der Waals surface area contributed by atoms with Gasteiger partial charge in [0.25, 0.3) is 0 Å². The van der Waals surface area contributed by atoms with Crippen molar-refractivity contribution >= 4 is 11.7 Å². The first-order valence-electron chi connectivity index (χ1n) is 6.81. The molecule has 0 bridgehead atoms. The first-order chi connectivity index (χ1) is 10.2. The standard InChI is InChI=1S/C14H20N4O3/c1-21-12-7-9(4-5-10(12)13(15)18-20)8-17-11-3-2-6-16-14(11)19/h4-5,7,11,17,20H,2-3,6,8H2,1H3,(H2,15,18)(H,16,19). The Morgan fingerprint density at radius 3 is 3.10 bits per heavy atom. The molecule has 1 aromatic rings. The van der Waals surface area contributed by atoms with E-state index in [2.05, 4.69) is 15.8 Å².